The van der Waals surface area contributed by atoms with Crippen molar-refractivity contribution >= 4 is 43.4 Å². The van der Waals surface area contributed by atoms with E-state index in [1.54, 1.807) is 6.92 Å². The van der Waals surface area contributed by atoms with E-state index in [2.05, 4.69) is 21.1 Å². The maximum absolute atomic E-state index is 12.4. The van der Waals surface area contributed by atoms with Crippen LogP contribution in [-0.2, 0) is 10.0 Å². The van der Waals surface area contributed by atoms with Gasteiger partial charge in [-0.2, -0.15) is 0 Å². The van der Waals surface area contributed by atoms with Crippen LogP contribution in [0.4, 0.5) is 0 Å². The fourth-order valence-corrected chi connectivity index (χ4v) is 3.43. The molecule has 1 aromatic carbocycles. The van der Waals surface area contributed by atoms with E-state index in [1.165, 1.54) is 25.2 Å². The normalized spacial score (nSPS) is 14.6. The van der Waals surface area contributed by atoms with Gasteiger partial charge in [0.15, 0.2) is 0 Å². The fraction of sp³-hybridized carbons (Fsp3) is 0.364. The summed E-state index contributed by atoms with van der Waals surface area (Å²) < 4.78 is 26.4. The fourth-order valence-electron chi connectivity index (χ4n) is 1.49. The van der Waals surface area contributed by atoms with Crippen LogP contribution in [-0.4, -0.2) is 37.4 Å². The van der Waals surface area contributed by atoms with Crippen molar-refractivity contribution in [2.75, 3.05) is 13.6 Å². The van der Waals surface area contributed by atoms with Gasteiger partial charge in [-0.1, -0.05) is 23.7 Å². The molecule has 9 heteroatoms. The Morgan fingerprint density at radius 1 is 1.60 bits per heavy atom. The number of hydrogen-bond acceptors (Lipinski definition) is 4. The van der Waals surface area contributed by atoms with Crippen LogP contribution >= 0.6 is 27.5 Å². The van der Waals surface area contributed by atoms with Crippen LogP contribution in [0.25, 0.3) is 0 Å². The zero-order valence-corrected chi connectivity index (χ0v) is 14.1. The third-order valence-corrected chi connectivity index (χ3v) is 5.78. The molecule has 0 spiro atoms. The quantitative estimate of drug-likeness (QED) is 0.352. The number of nitrogens with two attached hydrogens (primary N) is 1. The van der Waals surface area contributed by atoms with Crippen LogP contribution in [0.1, 0.15) is 6.92 Å². The van der Waals surface area contributed by atoms with Crippen molar-refractivity contribution in [3.05, 3.63) is 27.7 Å². The second-order valence-electron chi connectivity index (χ2n) is 4.29. The molecule has 0 heterocycles. The second-order valence-corrected chi connectivity index (χ2v) is 7.59. The first-order chi connectivity index (χ1) is 9.20. The number of benzene rings is 1. The highest BCUT2D eigenvalue weighted by Gasteiger charge is 2.24. The molecule has 1 rings (SSSR count). The van der Waals surface area contributed by atoms with Gasteiger partial charge in [-0.05, 0) is 34.1 Å². The molecule has 0 aliphatic rings. The molecule has 0 saturated carbocycles. The lowest BCUT2D eigenvalue weighted by molar-refractivity contribution is 0.312. The van der Waals surface area contributed by atoms with Gasteiger partial charge in [0.05, 0.1) is 9.92 Å². The Balaban J connectivity index is 3.01. The lowest BCUT2D eigenvalue weighted by Gasteiger charge is -2.20. The number of rotatable bonds is 5. The molecule has 0 fully saturated rings. The molecule has 0 amide bonds. The Hall–Kier alpha value is -0.830. The van der Waals surface area contributed by atoms with Gasteiger partial charge in [0.2, 0.25) is 10.0 Å². The van der Waals surface area contributed by atoms with Crippen molar-refractivity contribution in [3.8, 4) is 0 Å². The lowest BCUT2D eigenvalue weighted by atomic mass is 10.2. The van der Waals surface area contributed by atoms with Gasteiger partial charge >= 0.3 is 0 Å². The molecule has 1 atom stereocenters. The summed E-state index contributed by atoms with van der Waals surface area (Å²) in [6, 6.07) is 4.36. The molecule has 1 unspecified atom stereocenters. The van der Waals surface area contributed by atoms with E-state index in [4.69, 9.17) is 22.5 Å². The highest BCUT2D eigenvalue weighted by Crippen LogP contribution is 2.26. The van der Waals surface area contributed by atoms with Gasteiger partial charge in [-0.15, -0.1) is 0 Å². The molecule has 112 valence electrons. The Kier molecular flexibility index (Phi) is 5.81. The number of hydrogen-bond donors (Lipinski definition) is 2. The minimum Gasteiger partial charge on any atom is -0.409 e. The van der Waals surface area contributed by atoms with Gasteiger partial charge in [0.25, 0.3) is 0 Å². The molecule has 0 aliphatic carbocycles. The Morgan fingerprint density at radius 3 is 2.70 bits per heavy atom. The van der Waals surface area contributed by atoms with Crippen molar-refractivity contribution < 1.29 is 13.6 Å². The molecule has 3 N–H and O–H groups in total. The van der Waals surface area contributed by atoms with Crippen molar-refractivity contribution in [1.29, 1.82) is 0 Å². The molecule has 0 aliphatic heterocycles. The number of sulfonamides is 1. The van der Waals surface area contributed by atoms with Crippen LogP contribution in [0.2, 0.25) is 5.02 Å². The molecule has 20 heavy (non-hydrogen) atoms. The molecular weight excluding hydrogens is 370 g/mol. The zero-order chi connectivity index (χ0) is 15.5. The highest BCUT2D eigenvalue weighted by atomic mass is 79.9. The summed E-state index contributed by atoms with van der Waals surface area (Å²) in [5, 5.41) is 11.9. The summed E-state index contributed by atoms with van der Waals surface area (Å²) >= 11 is 9.03. The minimum atomic E-state index is -3.66. The molecule has 6 nitrogen and oxygen atoms in total. The van der Waals surface area contributed by atoms with E-state index < -0.39 is 15.9 Å². The SMILES string of the molecule is CC(CN(C)S(=O)(=O)c1ccc(Cl)c(Br)c1)/C(N)=N/O. The monoisotopic (exact) mass is 383 g/mol. The topological polar surface area (TPSA) is 96.0 Å². The molecule has 0 bridgehead atoms. The largest absolute Gasteiger partial charge is 0.409 e. The minimum absolute atomic E-state index is 0.0238. The van der Waals surface area contributed by atoms with Crippen LogP contribution in [0.5, 0.6) is 0 Å². The Bertz CT molecular complexity index is 621. The maximum atomic E-state index is 12.4. The second kappa shape index (κ2) is 6.75. The lowest BCUT2D eigenvalue weighted by Crippen LogP contribution is -2.36. The molecular formula is C11H15BrClN3O3S. The predicted molar refractivity (Wildman–Crippen MR) is 81.5 cm³/mol. The van der Waals surface area contributed by atoms with Crippen LogP contribution < -0.4 is 5.73 Å². The standard InChI is InChI=1S/C11H15BrClN3O3S/c1-7(11(14)15-17)6-16(2)20(18,19)8-3-4-10(13)9(12)5-8/h3-5,7,17H,6H2,1-2H3,(H2,14,15). The van der Waals surface area contributed by atoms with E-state index in [0.29, 0.717) is 9.50 Å². The van der Waals surface area contributed by atoms with Crippen molar-refractivity contribution in [2.24, 2.45) is 16.8 Å². The van der Waals surface area contributed by atoms with Crippen molar-refractivity contribution in [2.45, 2.75) is 11.8 Å². The maximum Gasteiger partial charge on any atom is 0.242 e. The highest BCUT2D eigenvalue weighted by molar-refractivity contribution is 9.10. The average molecular weight is 385 g/mol. The van der Waals surface area contributed by atoms with E-state index in [-0.39, 0.29) is 17.3 Å². The first-order valence-corrected chi connectivity index (χ1v) is 8.20. The van der Waals surface area contributed by atoms with Crippen LogP contribution in [0, 0.1) is 5.92 Å². The summed E-state index contributed by atoms with van der Waals surface area (Å²) in [4.78, 5) is 0.114. The van der Waals surface area contributed by atoms with E-state index in [9.17, 15) is 8.42 Å². The van der Waals surface area contributed by atoms with Crippen LogP contribution in [0.15, 0.2) is 32.7 Å². The summed E-state index contributed by atoms with van der Waals surface area (Å²) in [5.74, 6) is -0.431. The van der Waals surface area contributed by atoms with Crippen molar-refractivity contribution in [1.82, 2.24) is 4.31 Å². The van der Waals surface area contributed by atoms with E-state index in [0.717, 1.165) is 4.31 Å². The molecule has 0 radical (unpaired) electrons. The number of halogens is 2. The van der Waals surface area contributed by atoms with E-state index in [1.807, 2.05) is 0 Å². The number of amidine groups is 1. The summed E-state index contributed by atoms with van der Waals surface area (Å²) in [6.07, 6.45) is 0. The molecule has 0 saturated heterocycles. The van der Waals surface area contributed by atoms with Gasteiger partial charge in [0.1, 0.15) is 5.84 Å². The molecule has 1 aromatic rings. The third kappa shape index (κ3) is 3.85. The number of nitrogens with zero attached hydrogens (tertiary/aromatic N) is 2. The van der Waals surface area contributed by atoms with Gasteiger partial charge in [0, 0.05) is 24.0 Å². The average Bonchev–Trinajstić information content (AvgIpc) is 2.40. The summed E-state index contributed by atoms with van der Waals surface area (Å²) in [7, 11) is -2.23. The number of oxime groups is 1. The Morgan fingerprint density at radius 2 is 2.20 bits per heavy atom. The third-order valence-electron chi connectivity index (χ3n) is 2.75. The zero-order valence-electron chi connectivity index (χ0n) is 10.9. The summed E-state index contributed by atoms with van der Waals surface area (Å²) in [5.41, 5.74) is 5.44. The summed E-state index contributed by atoms with van der Waals surface area (Å²) in [6.45, 7) is 1.76. The first-order valence-electron chi connectivity index (χ1n) is 5.59. The van der Waals surface area contributed by atoms with Gasteiger partial charge < -0.3 is 10.9 Å². The first kappa shape index (κ1) is 17.2. The molecule has 0 aromatic heterocycles. The Labute approximate surface area is 131 Å². The van der Waals surface area contributed by atoms with E-state index >= 15 is 0 Å². The van der Waals surface area contributed by atoms with Crippen molar-refractivity contribution in [3.63, 3.8) is 0 Å². The van der Waals surface area contributed by atoms with Crippen LogP contribution in [0.3, 0.4) is 0 Å². The predicted octanol–water partition coefficient (Wildman–Crippen LogP) is 2.11. The van der Waals surface area contributed by atoms with Gasteiger partial charge in [-0.3, -0.25) is 0 Å². The van der Waals surface area contributed by atoms with Gasteiger partial charge in [-0.25, -0.2) is 12.7 Å². The smallest absolute Gasteiger partial charge is 0.242 e.